The fourth-order valence-corrected chi connectivity index (χ4v) is 3.39. The molecule has 3 unspecified atom stereocenters. The molecule has 0 heterocycles. The zero-order chi connectivity index (χ0) is 12.3. The zero-order valence-corrected chi connectivity index (χ0v) is 11.1. The van der Waals surface area contributed by atoms with Gasteiger partial charge in [-0.3, -0.25) is 0 Å². The van der Waals surface area contributed by atoms with Crippen molar-refractivity contribution in [3.05, 3.63) is 0 Å². The van der Waals surface area contributed by atoms with Crippen LogP contribution in [0.15, 0.2) is 0 Å². The fraction of sp³-hybridized carbons (Fsp3) is 0.889. The molecular formula is C9H18N2O3S2. The second-order valence-electron chi connectivity index (χ2n) is 4.02. The normalized spacial score (nSPS) is 27.9. The number of nitrogens with two attached hydrogens (primary N) is 1. The Balaban J connectivity index is 2.69. The van der Waals surface area contributed by atoms with Gasteiger partial charge < -0.3 is 10.5 Å². The van der Waals surface area contributed by atoms with Crippen molar-refractivity contribution >= 4 is 27.2 Å². The number of hydrogen-bond acceptors (Lipinski definition) is 4. The Morgan fingerprint density at radius 3 is 2.69 bits per heavy atom. The zero-order valence-electron chi connectivity index (χ0n) is 9.47. The largest absolute Gasteiger partial charge is 0.392 e. The molecule has 3 N–H and O–H groups in total. The summed E-state index contributed by atoms with van der Waals surface area (Å²) in [7, 11) is -1.89. The number of rotatable bonds is 5. The van der Waals surface area contributed by atoms with Crippen LogP contribution in [0.2, 0.25) is 0 Å². The Morgan fingerprint density at radius 1 is 1.56 bits per heavy atom. The highest BCUT2D eigenvalue weighted by atomic mass is 32.2. The number of thiocarbonyl (C=S) groups is 1. The fourth-order valence-electron chi connectivity index (χ4n) is 1.81. The Hall–Kier alpha value is -0.240. The van der Waals surface area contributed by atoms with Crippen LogP contribution in [0.4, 0.5) is 0 Å². The second kappa shape index (κ2) is 5.39. The van der Waals surface area contributed by atoms with E-state index in [0.717, 1.165) is 19.3 Å². The highest BCUT2D eigenvalue weighted by Crippen LogP contribution is 2.22. The Morgan fingerprint density at radius 2 is 2.19 bits per heavy atom. The van der Waals surface area contributed by atoms with Gasteiger partial charge in [-0.2, -0.15) is 0 Å². The summed E-state index contributed by atoms with van der Waals surface area (Å²) in [6.45, 7) is 1.49. The third-order valence-corrected chi connectivity index (χ3v) is 5.26. The number of nitrogens with one attached hydrogen (secondary N) is 1. The van der Waals surface area contributed by atoms with Crippen LogP contribution in [0.25, 0.3) is 0 Å². The molecule has 0 aromatic carbocycles. The third kappa shape index (κ3) is 3.13. The molecule has 1 rings (SSSR count). The number of sulfonamides is 1. The quantitative estimate of drug-likeness (QED) is 0.692. The maximum Gasteiger partial charge on any atom is 0.221 e. The predicted octanol–water partition coefficient (Wildman–Crippen LogP) is 0.148. The van der Waals surface area contributed by atoms with Gasteiger partial charge >= 0.3 is 0 Å². The molecule has 1 aliphatic carbocycles. The lowest BCUT2D eigenvalue weighted by Crippen LogP contribution is -2.47. The molecular weight excluding hydrogens is 248 g/mol. The van der Waals surface area contributed by atoms with Crippen LogP contribution in [-0.4, -0.2) is 37.9 Å². The van der Waals surface area contributed by atoms with Gasteiger partial charge in [0.15, 0.2) is 0 Å². The molecule has 0 amide bonds. The summed E-state index contributed by atoms with van der Waals surface area (Å²) in [5, 5.41) is -0.847. The number of methoxy groups -OCH3 is 1. The average Bonchev–Trinajstić information content (AvgIpc) is 2.63. The first-order valence-corrected chi connectivity index (χ1v) is 7.17. The summed E-state index contributed by atoms with van der Waals surface area (Å²) in [6.07, 6.45) is 2.59. The van der Waals surface area contributed by atoms with Crippen molar-refractivity contribution in [1.29, 1.82) is 0 Å². The van der Waals surface area contributed by atoms with Crippen LogP contribution < -0.4 is 10.5 Å². The third-order valence-electron chi connectivity index (χ3n) is 2.94. The first-order chi connectivity index (χ1) is 7.38. The molecule has 0 radical (unpaired) electrons. The molecule has 16 heavy (non-hydrogen) atoms. The summed E-state index contributed by atoms with van der Waals surface area (Å²) >= 11 is 4.69. The van der Waals surface area contributed by atoms with E-state index >= 15 is 0 Å². The van der Waals surface area contributed by atoms with Crippen LogP contribution in [0.3, 0.4) is 0 Å². The van der Waals surface area contributed by atoms with E-state index in [4.69, 9.17) is 22.7 Å². The minimum absolute atomic E-state index is 0.0144. The van der Waals surface area contributed by atoms with Gasteiger partial charge in [-0.15, -0.1) is 0 Å². The Labute approximate surface area is 102 Å². The van der Waals surface area contributed by atoms with Crippen LogP contribution in [0.5, 0.6) is 0 Å². The van der Waals surface area contributed by atoms with Gasteiger partial charge in [0.1, 0.15) is 5.25 Å². The van der Waals surface area contributed by atoms with Gasteiger partial charge in [-0.05, 0) is 26.2 Å². The summed E-state index contributed by atoms with van der Waals surface area (Å²) in [6, 6.07) is -0.160. The molecule has 0 aromatic heterocycles. The lowest BCUT2D eigenvalue weighted by atomic mass is 10.2. The van der Waals surface area contributed by atoms with Gasteiger partial charge in [0, 0.05) is 13.2 Å². The lowest BCUT2D eigenvalue weighted by molar-refractivity contribution is 0.0916. The SMILES string of the molecule is COC1CCCC1NS(=O)(=O)C(C)C(N)=S. The maximum atomic E-state index is 11.9. The molecule has 1 saturated carbocycles. The van der Waals surface area contributed by atoms with E-state index in [1.54, 1.807) is 7.11 Å². The van der Waals surface area contributed by atoms with E-state index in [-0.39, 0.29) is 17.1 Å². The summed E-state index contributed by atoms with van der Waals surface area (Å²) in [5.41, 5.74) is 5.34. The molecule has 1 fully saturated rings. The van der Waals surface area contributed by atoms with Crippen molar-refractivity contribution in [2.45, 2.75) is 43.6 Å². The van der Waals surface area contributed by atoms with Gasteiger partial charge in [-0.25, -0.2) is 13.1 Å². The molecule has 0 aromatic rings. The molecule has 0 aliphatic heterocycles. The molecule has 3 atom stereocenters. The van der Waals surface area contributed by atoms with Crippen LogP contribution in [0, 0.1) is 0 Å². The van der Waals surface area contributed by atoms with E-state index < -0.39 is 15.3 Å². The van der Waals surface area contributed by atoms with E-state index in [2.05, 4.69) is 4.72 Å². The molecule has 1 aliphatic rings. The molecule has 0 spiro atoms. The van der Waals surface area contributed by atoms with Crippen molar-refractivity contribution in [3.63, 3.8) is 0 Å². The summed E-state index contributed by atoms with van der Waals surface area (Å²) in [5.74, 6) is 0. The van der Waals surface area contributed by atoms with Crippen molar-refractivity contribution in [2.24, 2.45) is 5.73 Å². The van der Waals surface area contributed by atoms with Crippen molar-refractivity contribution in [3.8, 4) is 0 Å². The summed E-state index contributed by atoms with van der Waals surface area (Å²) in [4.78, 5) is -0.0144. The lowest BCUT2D eigenvalue weighted by Gasteiger charge is -2.21. The molecule has 94 valence electrons. The second-order valence-corrected chi connectivity index (χ2v) is 6.52. The van der Waals surface area contributed by atoms with Crippen molar-refractivity contribution in [2.75, 3.05) is 7.11 Å². The monoisotopic (exact) mass is 266 g/mol. The van der Waals surface area contributed by atoms with E-state index in [1.807, 2.05) is 0 Å². The van der Waals surface area contributed by atoms with Crippen LogP contribution >= 0.6 is 12.2 Å². The first-order valence-electron chi connectivity index (χ1n) is 5.21. The highest BCUT2D eigenvalue weighted by Gasteiger charge is 2.33. The van der Waals surface area contributed by atoms with Crippen LogP contribution in [0.1, 0.15) is 26.2 Å². The standard InChI is InChI=1S/C9H18N2O3S2/c1-6(9(10)15)16(12,13)11-7-4-3-5-8(7)14-2/h6-8,11H,3-5H2,1-2H3,(H2,10,15). The Bertz CT molecular complexity index is 356. The number of ether oxygens (including phenoxy) is 1. The predicted molar refractivity (Wildman–Crippen MR) is 66.7 cm³/mol. The van der Waals surface area contributed by atoms with Gasteiger partial charge in [0.2, 0.25) is 10.0 Å². The maximum absolute atomic E-state index is 11.9. The van der Waals surface area contributed by atoms with Gasteiger partial charge in [0.05, 0.1) is 11.1 Å². The summed E-state index contributed by atoms with van der Waals surface area (Å²) < 4.78 is 31.5. The van der Waals surface area contributed by atoms with E-state index in [1.165, 1.54) is 6.92 Å². The smallest absolute Gasteiger partial charge is 0.221 e. The van der Waals surface area contributed by atoms with Gasteiger partial charge in [-0.1, -0.05) is 12.2 Å². The minimum atomic E-state index is -3.48. The number of hydrogen-bond donors (Lipinski definition) is 2. The molecule has 0 saturated heterocycles. The Kier molecular flexibility index (Phi) is 4.66. The average molecular weight is 266 g/mol. The molecule has 7 heteroatoms. The molecule has 0 bridgehead atoms. The van der Waals surface area contributed by atoms with Crippen LogP contribution in [-0.2, 0) is 14.8 Å². The minimum Gasteiger partial charge on any atom is -0.392 e. The van der Waals surface area contributed by atoms with Crippen molar-refractivity contribution < 1.29 is 13.2 Å². The van der Waals surface area contributed by atoms with Crippen molar-refractivity contribution in [1.82, 2.24) is 4.72 Å². The first kappa shape index (κ1) is 13.8. The van der Waals surface area contributed by atoms with E-state index in [9.17, 15) is 8.42 Å². The molecule has 5 nitrogen and oxygen atoms in total. The van der Waals surface area contributed by atoms with Gasteiger partial charge in [0.25, 0.3) is 0 Å². The van der Waals surface area contributed by atoms with E-state index in [0.29, 0.717) is 0 Å². The topological polar surface area (TPSA) is 81.4 Å². The highest BCUT2D eigenvalue weighted by molar-refractivity contribution is 7.93.